The second-order valence-corrected chi connectivity index (χ2v) is 7.91. The number of benzene rings is 1. The summed E-state index contributed by atoms with van der Waals surface area (Å²) >= 11 is 1.67. The smallest absolute Gasteiger partial charge is 0.137 e. The first-order valence-electron chi connectivity index (χ1n) is 7.75. The molecule has 2 aliphatic rings. The third-order valence-corrected chi connectivity index (χ3v) is 6.09. The van der Waals surface area contributed by atoms with Crippen molar-refractivity contribution in [2.75, 3.05) is 5.75 Å². The minimum atomic E-state index is -0.0538. The van der Waals surface area contributed by atoms with Gasteiger partial charge in [0, 0.05) is 17.0 Å². The second-order valence-electron chi connectivity index (χ2n) is 6.80. The maximum absolute atomic E-state index is 13.9. The van der Waals surface area contributed by atoms with Gasteiger partial charge in [-0.25, -0.2) is 4.39 Å². The van der Waals surface area contributed by atoms with Crippen LogP contribution in [0, 0.1) is 11.2 Å². The molecule has 0 bridgehead atoms. The molecule has 1 saturated carbocycles. The molecule has 1 nitrogen and oxygen atoms in total. The van der Waals surface area contributed by atoms with Crippen LogP contribution in [0.5, 0.6) is 0 Å². The lowest BCUT2D eigenvalue weighted by atomic mass is 9.73. The highest BCUT2D eigenvalue weighted by Crippen LogP contribution is 2.41. The first-order valence-corrected chi connectivity index (χ1v) is 8.74. The highest BCUT2D eigenvalue weighted by Gasteiger charge is 2.34. The molecule has 1 heterocycles. The van der Waals surface area contributed by atoms with E-state index in [-0.39, 0.29) is 5.82 Å². The van der Waals surface area contributed by atoms with Crippen molar-refractivity contribution in [3.05, 3.63) is 29.6 Å². The number of hydrogen-bond acceptors (Lipinski definition) is 2. The number of fused-ring (bicyclic) bond motifs is 1. The summed E-state index contributed by atoms with van der Waals surface area (Å²) in [6.07, 6.45) is 6.31. The van der Waals surface area contributed by atoms with E-state index in [0.717, 1.165) is 17.1 Å². The van der Waals surface area contributed by atoms with Crippen LogP contribution >= 0.6 is 11.8 Å². The van der Waals surface area contributed by atoms with E-state index in [1.807, 2.05) is 6.07 Å². The Morgan fingerprint density at radius 1 is 1.25 bits per heavy atom. The van der Waals surface area contributed by atoms with Crippen LogP contribution in [-0.2, 0) is 0 Å². The number of nitrogens with one attached hydrogen (secondary N) is 1. The van der Waals surface area contributed by atoms with Crippen molar-refractivity contribution in [1.82, 2.24) is 5.32 Å². The predicted octanol–water partition coefficient (Wildman–Crippen LogP) is 4.92. The zero-order valence-corrected chi connectivity index (χ0v) is 13.2. The number of thioether (sulfide) groups is 1. The first kappa shape index (κ1) is 14.4. The van der Waals surface area contributed by atoms with E-state index < -0.39 is 0 Å². The highest BCUT2D eigenvalue weighted by molar-refractivity contribution is 7.99. The monoisotopic (exact) mass is 293 g/mol. The Bertz CT molecular complexity index is 486. The van der Waals surface area contributed by atoms with E-state index in [0.29, 0.717) is 17.5 Å². The maximum atomic E-state index is 13.9. The molecule has 2 unspecified atom stereocenters. The van der Waals surface area contributed by atoms with Gasteiger partial charge in [-0.3, -0.25) is 0 Å². The van der Waals surface area contributed by atoms with E-state index in [1.54, 1.807) is 17.8 Å². The summed E-state index contributed by atoms with van der Waals surface area (Å²) in [4.78, 5) is 0.866. The molecular formula is C17H24FNS. The molecule has 0 spiro atoms. The molecule has 20 heavy (non-hydrogen) atoms. The van der Waals surface area contributed by atoms with Crippen molar-refractivity contribution in [1.29, 1.82) is 0 Å². The van der Waals surface area contributed by atoms with E-state index in [2.05, 4.69) is 25.2 Å². The van der Waals surface area contributed by atoms with Crippen LogP contribution in [0.3, 0.4) is 0 Å². The fourth-order valence-electron chi connectivity index (χ4n) is 3.61. The average molecular weight is 293 g/mol. The van der Waals surface area contributed by atoms with Crippen LogP contribution in [-0.4, -0.2) is 11.8 Å². The highest BCUT2D eigenvalue weighted by atomic mass is 32.2. The van der Waals surface area contributed by atoms with Crippen molar-refractivity contribution in [2.24, 2.45) is 5.41 Å². The third-order valence-electron chi connectivity index (χ3n) is 4.94. The molecule has 1 aromatic carbocycles. The number of rotatable bonds is 2. The van der Waals surface area contributed by atoms with Gasteiger partial charge in [0.15, 0.2) is 0 Å². The molecule has 3 heteroatoms. The quantitative estimate of drug-likeness (QED) is 0.830. The van der Waals surface area contributed by atoms with Gasteiger partial charge in [-0.05, 0) is 42.1 Å². The van der Waals surface area contributed by atoms with Crippen LogP contribution in [0.2, 0.25) is 0 Å². The summed E-state index contributed by atoms with van der Waals surface area (Å²) in [6.45, 7) is 4.74. The van der Waals surface area contributed by atoms with Crippen molar-refractivity contribution >= 4 is 11.8 Å². The lowest BCUT2D eigenvalue weighted by Gasteiger charge is -2.42. The minimum absolute atomic E-state index is 0.0538. The van der Waals surface area contributed by atoms with Gasteiger partial charge in [-0.1, -0.05) is 38.8 Å². The van der Waals surface area contributed by atoms with E-state index in [9.17, 15) is 4.39 Å². The summed E-state index contributed by atoms with van der Waals surface area (Å²) in [7, 11) is 0. The summed E-state index contributed by atoms with van der Waals surface area (Å²) in [6, 6.07) is 6.40. The number of halogens is 1. The van der Waals surface area contributed by atoms with Gasteiger partial charge in [0.25, 0.3) is 0 Å². The maximum Gasteiger partial charge on any atom is 0.137 e. The molecule has 1 aromatic rings. The number of hydrogen-bond donors (Lipinski definition) is 1. The molecule has 0 aromatic heterocycles. The second kappa shape index (κ2) is 5.69. The molecule has 0 radical (unpaired) electrons. The first-order chi connectivity index (χ1) is 9.58. The molecule has 1 N–H and O–H groups in total. The van der Waals surface area contributed by atoms with Gasteiger partial charge in [-0.15, -0.1) is 11.8 Å². The van der Waals surface area contributed by atoms with Gasteiger partial charge in [-0.2, -0.15) is 0 Å². The fraction of sp³-hybridized carbons (Fsp3) is 0.647. The SMILES string of the molecule is CC1(C)CCCCC1NC1CCSc2c(F)cccc21. The van der Waals surface area contributed by atoms with Gasteiger partial charge < -0.3 is 5.32 Å². The Morgan fingerprint density at radius 3 is 2.90 bits per heavy atom. The van der Waals surface area contributed by atoms with Crippen molar-refractivity contribution in [2.45, 2.75) is 62.9 Å². The third kappa shape index (κ3) is 2.75. The molecule has 0 amide bonds. The van der Waals surface area contributed by atoms with Crippen LogP contribution in [0.1, 0.15) is 57.6 Å². The van der Waals surface area contributed by atoms with E-state index >= 15 is 0 Å². The van der Waals surface area contributed by atoms with Crippen LogP contribution < -0.4 is 5.32 Å². The molecule has 0 saturated heterocycles. The lowest BCUT2D eigenvalue weighted by molar-refractivity contribution is 0.153. The Kier molecular flexibility index (Phi) is 4.09. The van der Waals surface area contributed by atoms with Crippen LogP contribution in [0.15, 0.2) is 23.1 Å². The average Bonchev–Trinajstić information content (AvgIpc) is 2.42. The Morgan fingerprint density at radius 2 is 2.10 bits per heavy atom. The summed E-state index contributed by atoms with van der Waals surface area (Å²) in [5.41, 5.74) is 1.53. The van der Waals surface area contributed by atoms with Gasteiger partial charge >= 0.3 is 0 Å². The van der Waals surface area contributed by atoms with Crippen LogP contribution in [0.25, 0.3) is 0 Å². The predicted molar refractivity (Wildman–Crippen MR) is 83.7 cm³/mol. The largest absolute Gasteiger partial charge is 0.307 e. The minimum Gasteiger partial charge on any atom is -0.307 e. The topological polar surface area (TPSA) is 12.0 Å². The van der Waals surface area contributed by atoms with Crippen LogP contribution in [0.4, 0.5) is 4.39 Å². The Labute approximate surface area is 125 Å². The Hall–Kier alpha value is -0.540. The van der Waals surface area contributed by atoms with Crippen molar-refractivity contribution in [3.63, 3.8) is 0 Å². The molecule has 110 valence electrons. The molecule has 3 rings (SSSR count). The lowest BCUT2D eigenvalue weighted by Crippen LogP contribution is -2.46. The van der Waals surface area contributed by atoms with E-state index in [4.69, 9.17) is 0 Å². The van der Waals surface area contributed by atoms with Crippen molar-refractivity contribution in [3.8, 4) is 0 Å². The Balaban J connectivity index is 1.81. The summed E-state index contributed by atoms with van der Waals surface area (Å²) in [5, 5.41) is 3.85. The summed E-state index contributed by atoms with van der Waals surface area (Å²) < 4.78 is 13.9. The van der Waals surface area contributed by atoms with Gasteiger partial charge in [0.2, 0.25) is 0 Å². The molecule has 2 atom stereocenters. The zero-order valence-electron chi connectivity index (χ0n) is 12.4. The fourth-order valence-corrected chi connectivity index (χ4v) is 4.75. The van der Waals surface area contributed by atoms with Gasteiger partial charge in [0.1, 0.15) is 5.82 Å². The van der Waals surface area contributed by atoms with Gasteiger partial charge in [0.05, 0.1) is 0 Å². The molecule has 1 aliphatic heterocycles. The zero-order chi connectivity index (χ0) is 14.2. The standard InChI is InChI=1S/C17H24FNS/c1-17(2)10-4-3-8-15(17)19-14-9-11-20-16-12(14)6-5-7-13(16)18/h5-7,14-15,19H,3-4,8-11H2,1-2H3. The molecule has 1 aliphatic carbocycles. The molecule has 1 fully saturated rings. The van der Waals surface area contributed by atoms with Crippen molar-refractivity contribution < 1.29 is 4.39 Å². The molecular weight excluding hydrogens is 269 g/mol. The normalized spacial score (nSPS) is 28.9. The van der Waals surface area contributed by atoms with E-state index in [1.165, 1.54) is 31.2 Å². The summed E-state index contributed by atoms with van der Waals surface area (Å²) in [5.74, 6) is 0.959.